The van der Waals surface area contributed by atoms with Crippen molar-refractivity contribution >= 4 is 28.8 Å². The van der Waals surface area contributed by atoms with Gasteiger partial charge in [-0.15, -0.1) is 0 Å². The highest BCUT2D eigenvalue weighted by atomic mass is 19.4. The van der Waals surface area contributed by atoms with Gasteiger partial charge in [0.2, 0.25) is 0 Å². The Hall–Kier alpha value is -3.77. The molecule has 1 heterocycles. The van der Waals surface area contributed by atoms with Crippen LogP contribution in [0.5, 0.6) is 5.75 Å². The number of nitrogens with two attached hydrogens (primary N) is 2. The van der Waals surface area contributed by atoms with Gasteiger partial charge in [0.15, 0.2) is 12.2 Å². The Bertz CT molecular complexity index is 999. The van der Waals surface area contributed by atoms with Crippen LogP contribution in [0.4, 0.5) is 13.2 Å². The number of rotatable bonds is 6. The molecule has 0 radical (unpaired) electrons. The molecule has 1 aromatic carbocycles. The van der Waals surface area contributed by atoms with Gasteiger partial charge in [0.05, 0.1) is 11.9 Å². The van der Waals surface area contributed by atoms with E-state index in [4.69, 9.17) is 31.2 Å². The molecule has 30 heavy (non-hydrogen) atoms. The molecule has 7 N–H and O–H groups in total. The van der Waals surface area contributed by atoms with Gasteiger partial charge < -0.3 is 31.4 Å². The zero-order valence-electron chi connectivity index (χ0n) is 15.6. The van der Waals surface area contributed by atoms with E-state index in [0.29, 0.717) is 23.1 Å². The lowest BCUT2D eigenvalue weighted by Crippen LogP contribution is -2.27. The molecular formula is C17H19F3N4O6. The van der Waals surface area contributed by atoms with E-state index in [1.807, 2.05) is 6.92 Å². The van der Waals surface area contributed by atoms with Crippen molar-refractivity contribution < 1.29 is 37.7 Å². The molecule has 0 saturated carbocycles. The molecule has 2 rings (SSSR count). The molecular weight excluding hydrogens is 413 g/mol. The van der Waals surface area contributed by atoms with Crippen molar-refractivity contribution in [1.82, 2.24) is 4.98 Å². The molecule has 1 unspecified atom stereocenters. The largest absolute Gasteiger partial charge is 0.490 e. The number of carboxylic acid groups (broad SMARTS) is 2. The highest BCUT2D eigenvalue weighted by Gasteiger charge is 2.38. The number of aliphatic imine (C=N–C) groups is 1. The third-order valence-corrected chi connectivity index (χ3v) is 3.39. The smallest absolute Gasteiger partial charge is 0.481 e. The van der Waals surface area contributed by atoms with E-state index in [-0.39, 0.29) is 17.9 Å². The number of aliphatic carboxylic acids is 2. The monoisotopic (exact) mass is 432 g/mol. The number of halogens is 3. The summed E-state index contributed by atoms with van der Waals surface area (Å²) in [6.45, 7) is 1.87. The molecule has 1 atom stereocenters. The maximum atomic E-state index is 11.9. The van der Waals surface area contributed by atoms with Crippen LogP contribution in [-0.4, -0.2) is 45.5 Å². The van der Waals surface area contributed by atoms with Crippen LogP contribution in [0.1, 0.15) is 18.9 Å². The van der Waals surface area contributed by atoms with Gasteiger partial charge in [0.25, 0.3) is 5.56 Å². The second kappa shape index (κ2) is 10.1. The first kappa shape index (κ1) is 24.3. The molecule has 0 amide bonds. The van der Waals surface area contributed by atoms with Crippen molar-refractivity contribution in [3.8, 4) is 5.75 Å². The number of pyridine rings is 1. The average Bonchev–Trinajstić information content (AvgIpc) is 2.61. The summed E-state index contributed by atoms with van der Waals surface area (Å²) >= 11 is 0. The van der Waals surface area contributed by atoms with Crippen molar-refractivity contribution in [3.63, 3.8) is 0 Å². The van der Waals surface area contributed by atoms with Crippen molar-refractivity contribution in [2.45, 2.75) is 32.2 Å². The summed E-state index contributed by atoms with van der Waals surface area (Å²) in [5.74, 6) is -3.38. The van der Waals surface area contributed by atoms with Crippen LogP contribution in [0.3, 0.4) is 0 Å². The molecule has 0 fully saturated rings. The lowest BCUT2D eigenvalue weighted by Gasteiger charge is -2.14. The van der Waals surface area contributed by atoms with Crippen LogP contribution >= 0.6 is 0 Å². The Kier molecular flexibility index (Phi) is 8.20. The molecule has 0 bridgehead atoms. The molecule has 1 aromatic heterocycles. The van der Waals surface area contributed by atoms with Crippen LogP contribution < -0.4 is 21.8 Å². The van der Waals surface area contributed by atoms with Gasteiger partial charge in [-0.2, -0.15) is 13.2 Å². The number of aromatic nitrogens is 1. The number of benzene rings is 1. The zero-order valence-corrected chi connectivity index (χ0v) is 15.6. The number of carbonyl (C=O) groups is 2. The van der Waals surface area contributed by atoms with Gasteiger partial charge in [-0.05, 0) is 23.6 Å². The van der Waals surface area contributed by atoms with E-state index in [1.165, 1.54) is 0 Å². The number of nitrogens with zero attached hydrogens (tertiary/aromatic N) is 1. The second-order valence-electron chi connectivity index (χ2n) is 5.78. The van der Waals surface area contributed by atoms with Gasteiger partial charge in [-0.3, -0.25) is 9.59 Å². The zero-order chi connectivity index (χ0) is 23.1. The maximum absolute atomic E-state index is 11.9. The number of guanidine groups is 1. The van der Waals surface area contributed by atoms with E-state index in [9.17, 15) is 22.8 Å². The fourth-order valence-corrected chi connectivity index (χ4v) is 2.12. The van der Waals surface area contributed by atoms with Crippen molar-refractivity contribution in [2.75, 3.05) is 0 Å². The molecule has 13 heteroatoms. The predicted octanol–water partition coefficient (Wildman–Crippen LogP) is 1.18. The Morgan fingerprint density at radius 2 is 1.83 bits per heavy atom. The van der Waals surface area contributed by atoms with Crippen molar-refractivity contribution in [2.24, 2.45) is 16.5 Å². The Balaban J connectivity index is 0.000000553. The predicted molar refractivity (Wildman–Crippen MR) is 100 cm³/mol. The average molecular weight is 432 g/mol. The summed E-state index contributed by atoms with van der Waals surface area (Å²) in [5.41, 5.74) is 11.0. The molecule has 0 aliphatic carbocycles. The van der Waals surface area contributed by atoms with Gasteiger partial charge in [0, 0.05) is 18.1 Å². The minimum atomic E-state index is -5.08. The summed E-state index contributed by atoms with van der Waals surface area (Å²) in [6, 6.07) is 6.63. The van der Waals surface area contributed by atoms with Gasteiger partial charge in [0.1, 0.15) is 5.75 Å². The van der Waals surface area contributed by atoms with Crippen LogP contribution in [-0.2, 0) is 16.0 Å². The number of ether oxygens (including phenoxy) is 1. The minimum Gasteiger partial charge on any atom is -0.481 e. The Labute approximate surface area is 167 Å². The Morgan fingerprint density at radius 1 is 1.23 bits per heavy atom. The summed E-state index contributed by atoms with van der Waals surface area (Å²) in [7, 11) is 0. The fraction of sp³-hybridized carbons (Fsp3) is 0.294. The highest BCUT2D eigenvalue weighted by molar-refractivity contribution is 5.81. The highest BCUT2D eigenvalue weighted by Crippen LogP contribution is 2.21. The summed E-state index contributed by atoms with van der Waals surface area (Å²) in [6.07, 6.45) is -5.36. The second-order valence-corrected chi connectivity index (χ2v) is 5.78. The molecule has 0 saturated heterocycles. The number of fused-ring (bicyclic) bond motifs is 1. The molecule has 164 valence electrons. The van der Waals surface area contributed by atoms with Crippen LogP contribution in [0.25, 0.3) is 10.9 Å². The lowest BCUT2D eigenvalue weighted by atomic mass is 10.1. The third-order valence-electron chi connectivity index (χ3n) is 3.39. The van der Waals surface area contributed by atoms with Gasteiger partial charge in [-0.1, -0.05) is 6.92 Å². The molecule has 10 nitrogen and oxygen atoms in total. The number of carboxylic acids is 2. The fourth-order valence-electron chi connectivity index (χ4n) is 2.12. The standard InChI is InChI=1S/C15H18N4O4.C2HF3O2/c1-2-12(19-15(16)17)23-10-4-3-8-5-9(6-13(20)21)14(22)18-11(8)7-10;3-2(4,5)1(6)7/h3-5,7,12H,2,6H2,1H3,(H,18,22)(H,20,21)(H4,16,17,19);(H,6,7). The SMILES string of the molecule is CCC(N=C(N)N)Oc1ccc2cc(CC(=O)O)c(=O)[nH]c2c1.O=C(O)C(F)(F)F. The number of H-pyrrole nitrogens is 1. The first-order chi connectivity index (χ1) is 13.8. The van der Waals surface area contributed by atoms with Crippen molar-refractivity contribution in [3.05, 3.63) is 40.2 Å². The van der Waals surface area contributed by atoms with Crippen LogP contribution in [0.15, 0.2) is 34.1 Å². The lowest BCUT2D eigenvalue weighted by molar-refractivity contribution is -0.192. The molecule has 0 aliphatic heterocycles. The summed E-state index contributed by atoms with van der Waals surface area (Å²) in [5, 5.41) is 16.6. The number of nitrogens with one attached hydrogen (secondary N) is 1. The van der Waals surface area contributed by atoms with Gasteiger partial charge in [-0.25, -0.2) is 9.79 Å². The first-order valence-electron chi connectivity index (χ1n) is 8.26. The number of hydrogen-bond donors (Lipinski definition) is 5. The van der Waals surface area contributed by atoms with Crippen LogP contribution in [0.2, 0.25) is 0 Å². The first-order valence-corrected chi connectivity index (χ1v) is 8.26. The summed E-state index contributed by atoms with van der Waals surface area (Å²) < 4.78 is 37.4. The molecule has 0 spiro atoms. The van der Waals surface area contributed by atoms with E-state index in [1.54, 1.807) is 24.3 Å². The van der Waals surface area contributed by atoms with E-state index >= 15 is 0 Å². The third kappa shape index (κ3) is 7.69. The Morgan fingerprint density at radius 3 is 2.30 bits per heavy atom. The summed E-state index contributed by atoms with van der Waals surface area (Å²) in [4.78, 5) is 38.1. The van der Waals surface area contributed by atoms with Crippen molar-refractivity contribution in [1.29, 1.82) is 0 Å². The van der Waals surface area contributed by atoms with Crippen LogP contribution in [0, 0.1) is 0 Å². The number of hydrogen-bond acceptors (Lipinski definition) is 5. The normalized spacial score (nSPS) is 11.7. The maximum Gasteiger partial charge on any atom is 0.490 e. The molecule has 2 aromatic rings. The quantitative estimate of drug-likeness (QED) is 0.333. The topological polar surface area (TPSA) is 181 Å². The molecule has 0 aliphatic rings. The van der Waals surface area contributed by atoms with E-state index in [0.717, 1.165) is 0 Å². The van der Waals surface area contributed by atoms with E-state index < -0.39 is 29.9 Å². The van der Waals surface area contributed by atoms with Gasteiger partial charge >= 0.3 is 18.1 Å². The minimum absolute atomic E-state index is 0.0654. The number of alkyl halides is 3. The van der Waals surface area contributed by atoms with E-state index in [2.05, 4.69) is 9.98 Å². The number of aromatic amines is 1.